The molecule has 1 aromatic rings. The number of piperazine rings is 1. The second-order valence-electron chi connectivity index (χ2n) is 4.43. The first-order valence-corrected chi connectivity index (χ1v) is 7.16. The van der Waals surface area contributed by atoms with Gasteiger partial charge in [-0.15, -0.1) is 0 Å². The van der Waals surface area contributed by atoms with Gasteiger partial charge in [0.2, 0.25) is 0 Å². The van der Waals surface area contributed by atoms with Gasteiger partial charge in [-0.1, -0.05) is 18.3 Å². The molecule has 0 aliphatic carbocycles. The Labute approximate surface area is 116 Å². The number of likely N-dealkylation sites (N-methyl/N-ethyl adjacent to an activating group) is 1. The first-order chi connectivity index (χ1) is 9.15. The Kier molecular flexibility index (Phi) is 4.73. The van der Waals surface area contributed by atoms with Gasteiger partial charge in [-0.3, -0.25) is 0 Å². The standard InChI is InChI=1S/C12H19N3O3S/c1-3-14-4-6-15(7-5-14)12-13-9(8-18-2)10(19-12)11(16)17/h3-8H2,1-2H3,(H,16,17). The summed E-state index contributed by atoms with van der Waals surface area (Å²) in [5.74, 6) is -0.928. The molecule has 7 heteroatoms. The van der Waals surface area contributed by atoms with Crippen LogP contribution in [0.15, 0.2) is 0 Å². The largest absolute Gasteiger partial charge is 0.477 e. The molecule has 1 saturated heterocycles. The van der Waals surface area contributed by atoms with Crippen LogP contribution in [-0.4, -0.2) is 60.8 Å². The van der Waals surface area contributed by atoms with Crippen molar-refractivity contribution in [2.45, 2.75) is 13.5 Å². The van der Waals surface area contributed by atoms with E-state index in [9.17, 15) is 9.90 Å². The summed E-state index contributed by atoms with van der Waals surface area (Å²) < 4.78 is 5.01. The number of methoxy groups -OCH3 is 1. The Morgan fingerprint density at radius 2 is 2.11 bits per heavy atom. The summed E-state index contributed by atoms with van der Waals surface area (Å²) >= 11 is 1.24. The van der Waals surface area contributed by atoms with E-state index in [2.05, 4.69) is 21.7 Å². The number of aromatic carboxylic acids is 1. The number of carboxylic acids is 1. The quantitative estimate of drug-likeness (QED) is 0.875. The molecule has 1 fully saturated rings. The molecule has 6 nitrogen and oxygen atoms in total. The average molecular weight is 285 g/mol. The number of carbonyl (C=O) groups is 1. The van der Waals surface area contributed by atoms with Gasteiger partial charge in [0.25, 0.3) is 0 Å². The molecule has 0 bridgehead atoms. The third kappa shape index (κ3) is 3.23. The zero-order chi connectivity index (χ0) is 13.8. The number of nitrogens with zero attached hydrogens (tertiary/aromatic N) is 3. The lowest BCUT2D eigenvalue weighted by molar-refractivity contribution is 0.0697. The van der Waals surface area contributed by atoms with Crippen molar-refractivity contribution < 1.29 is 14.6 Å². The molecule has 0 atom stereocenters. The number of hydrogen-bond donors (Lipinski definition) is 1. The fourth-order valence-corrected chi connectivity index (χ4v) is 3.09. The second kappa shape index (κ2) is 6.31. The Bertz CT molecular complexity index is 441. The van der Waals surface area contributed by atoms with Crippen LogP contribution in [0.5, 0.6) is 0 Å². The maximum atomic E-state index is 11.2. The Hall–Kier alpha value is -1.18. The second-order valence-corrected chi connectivity index (χ2v) is 5.41. The van der Waals surface area contributed by atoms with Crippen molar-refractivity contribution in [2.75, 3.05) is 44.7 Å². The molecule has 0 unspecified atom stereocenters. The van der Waals surface area contributed by atoms with E-state index in [-0.39, 0.29) is 11.5 Å². The van der Waals surface area contributed by atoms with Gasteiger partial charge in [0.1, 0.15) is 4.88 Å². The van der Waals surface area contributed by atoms with E-state index in [1.807, 2.05) is 0 Å². The number of hydrogen-bond acceptors (Lipinski definition) is 6. The summed E-state index contributed by atoms with van der Waals surface area (Å²) in [4.78, 5) is 20.4. The number of thiazole rings is 1. The minimum atomic E-state index is -0.928. The highest BCUT2D eigenvalue weighted by Gasteiger charge is 2.23. The molecular formula is C12H19N3O3S. The van der Waals surface area contributed by atoms with Crippen LogP contribution in [0.3, 0.4) is 0 Å². The van der Waals surface area contributed by atoms with Crippen molar-refractivity contribution >= 4 is 22.4 Å². The maximum absolute atomic E-state index is 11.2. The lowest BCUT2D eigenvalue weighted by Crippen LogP contribution is -2.46. The number of rotatable bonds is 5. The molecule has 0 radical (unpaired) electrons. The minimum Gasteiger partial charge on any atom is -0.477 e. The van der Waals surface area contributed by atoms with E-state index in [1.165, 1.54) is 11.3 Å². The molecule has 2 heterocycles. The molecule has 1 aliphatic rings. The Morgan fingerprint density at radius 3 is 2.63 bits per heavy atom. The number of ether oxygens (including phenoxy) is 1. The molecule has 0 aromatic carbocycles. The lowest BCUT2D eigenvalue weighted by Gasteiger charge is -2.33. The van der Waals surface area contributed by atoms with E-state index in [0.717, 1.165) is 37.9 Å². The van der Waals surface area contributed by atoms with Gasteiger partial charge in [-0.05, 0) is 6.54 Å². The van der Waals surface area contributed by atoms with Gasteiger partial charge in [0, 0.05) is 33.3 Å². The maximum Gasteiger partial charge on any atom is 0.347 e. The van der Waals surface area contributed by atoms with Gasteiger partial charge in [0.15, 0.2) is 5.13 Å². The SMILES string of the molecule is CCN1CCN(c2nc(COC)c(C(=O)O)s2)CC1. The van der Waals surface area contributed by atoms with Crippen molar-refractivity contribution in [3.8, 4) is 0 Å². The van der Waals surface area contributed by atoms with Crippen LogP contribution in [-0.2, 0) is 11.3 Å². The topological polar surface area (TPSA) is 65.9 Å². The smallest absolute Gasteiger partial charge is 0.347 e. The third-order valence-electron chi connectivity index (χ3n) is 3.25. The summed E-state index contributed by atoms with van der Waals surface area (Å²) in [7, 11) is 1.55. The first kappa shape index (κ1) is 14.2. The molecular weight excluding hydrogens is 266 g/mol. The molecule has 0 amide bonds. The van der Waals surface area contributed by atoms with Gasteiger partial charge >= 0.3 is 5.97 Å². The highest BCUT2D eigenvalue weighted by Crippen LogP contribution is 2.27. The summed E-state index contributed by atoms with van der Waals surface area (Å²) in [6.45, 7) is 7.24. The Morgan fingerprint density at radius 1 is 1.42 bits per heavy atom. The highest BCUT2D eigenvalue weighted by molar-refractivity contribution is 7.17. The summed E-state index contributed by atoms with van der Waals surface area (Å²) in [6.07, 6.45) is 0. The molecule has 1 aromatic heterocycles. The van der Waals surface area contributed by atoms with Crippen LogP contribution >= 0.6 is 11.3 Å². The van der Waals surface area contributed by atoms with Crippen LogP contribution in [0.25, 0.3) is 0 Å². The number of carboxylic acid groups (broad SMARTS) is 1. The van der Waals surface area contributed by atoms with E-state index in [4.69, 9.17) is 4.74 Å². The fraction of sp³-hybridized carbons (Fsp3) is 0.667. The summed E-state index contributed by atoms with van der Waals surface area (Å²) in [6, 6.07) is 0. The van der Waals surface area contributed by atoms with E-state index < -0.39 is 5.97 Å². The van der Waals surface area contributed by atoms with Gasteiger partial charge in [0.05, 0.1) is 12.3 Å². The number of aromatic nitrogens is 1. The van der Waals surface area contributed by atoms with Crippen LogP contribution in [0.4, 0.5) is 5.13 Å². The lowest BCUT2D eigenvalue weighted by atomic mass is 10.3. The Balaban J connectivity index is 2.12. The van der Waals surface area contributed by atoms with E-state index in [0.29, 0.717) is 5.69 Å². The summed E-state index contributed by atoms with van der Waals surface area (Å²) in [5, 5.41) is 9.96. The molecule has 19 heavy (non-hydrogen) atoms. The molecule has 106 valence electrons. The molecule has 2 rings (SSSR count). The van der Waals surface area contributed by atoms with Crippen LogP contribution in [0.2, 0.25) is 0 Å². The monoisotopic (exact) mass is 285 g/mol. The van der Waals surface area contributed by atoms with Crippen LogP contribution in [0, 0.1) is 0 Å². The van der Waals surface area contributed by atoms with Crippen molar-refractivity contribution in [3.05, 3.63) is 10.6 Å². The van der Waals surface area contributed by atoms with Crippen molar-refractivity contribution in [1.29, 1.82) is 0 Å². The summed E-state index contributed by atoms with van der Waals surface area (Å²) in [5.41, 5.74) is 0.521. The predicted molar refractivity (Wildman–Crippen MR) is 74.1 cm³/mol. The molecule has 1 N–H and O–H groups in total. The van der Waals surface area contributed by atoms with Crippen LogP contribution < -0.4 is 4.90 Å². The first-order valence-electron chi connectivity index (χ1n) is 6.35. The third-order valence-corrected chi connectivity index (χ3v) is 4.40. The highest BCUT2D eigenvalue weighted by atomic mass is 32.1. The van der Waals surface area contributed by atoms with Crippen molar-refractivity contribution in [3.63, 3.8) is 0 Å². The zero-order valence-corrected chi connectivity index (χ0v) is 12.1. The van der Waals surface area contributed by atoms with Gasteiger partial charge in [-0.2, -0.15) is 0 Å². The van der Waals surface area contributed by atoms with Gasteiger partial charge < -0.3 is 19.6 Å². The van der Waals surface area contributed by atoms with Crippen LogP contribution in [0.1, 0.15) is 22.3 Å². The predicted octanol–water partition coefficient (Wildman–Crippen LogP) is 1.13. The normalized spacial score (nSPS) is 16.8. The van der Waals surface area contributed by atoms with Crippen molar-refractivity contribution in [2.24, 2.45) is 0 Å². The van der Waals surface area contributed by atoms with Gasteiger partial charge in [-0.25, -0.2) is 9.78 Å². The average Bonchev–Trinajstić information content (AvgIpc) is 2.83. The van der Waals surface area contributed by atoms with E-state index >= 15 is 0 Å². The molecule has 1 aliphatic heterocycles. The molecule has 0 saturated carbocycles. The zero-order valence-electron chi connectivity index (χ0n) is 11.3. The number of anilines is 1. The van der Waals surface area contributed by atoms with E-state index in [1.54, 1.807) is 7.11 Å². The molecule has 0 spiro atoms. The minimum absolute atomic E-state index is 0.243. The van der Waals surface area contributed by atoms with Crippen molar-refractivity contribution in [1.82, 2.24) is 9.88 Å². The fourth-order valence-electron chi connectivity index (χ4n) is 2.13.